The topological polar surface area (TPSA) is 86.8 Å². The number of carbonyl (C=O) groups is 2. The van der Waals surface area contributed by atoms with E-state index in [0.29, 0.717) is 10.6 Å². The van der Waals surface area contributed by atoms with Crippen molar-refractivity contribution in [1.82, 2.24) is 10.2 Å². The number of halogens is 3. The van der Waals surface area contributed by atoms with Crippen molar-refractivity contribution in [3.63, 3.8) is 0 Å². The Bertz CT molecular complexity index is 1170. The molecule has 1 atom stereocenters. The monoisotopic (exact) mass is 531 g/mol. The number of nitrogens with one attached hydrogen (secondary N) is 1. The maximum Gasteiger partial charge on any atom is 0.244 e. The van der Waals surface area contributed by atoms with Gasteiger partial charge in [0.2, 0.25) is 21.8 Å². The van der Waals surface area contributed by atoms with Crippen LogP contribution in [0.5, 0.6) is 0 Å². The Kier molecular flexibility index (Phi) is 8.96. The molecule has 11 heteroatoms. The molecule has 186 valence electrons. The molecule has 0 radical (unpaired) electrons. The van der Waals surface area contributed by atoms with Crippen LogP contribution in [0.15, 0.2) is 42.5 Å². The van der Waals surface area contributed by atoms with Gasteiger partial charge in [-0.05, 0) is 57.5 Å². The van der Waals surface area contributed by atoms with Crippen molar-refractivity contribution in [2.24, 2.45) is 0 Å². The lowest BCUT2D eigenvalue weighted by Crippen LogP contribution is -2.54. The van der Waals surface area contributed by atoms with Crippen LogP contribution in [0.2, 0.25) is 10.0 Å². The van der Waals surface area contributed by atoms with Gasteiger partial charge in [0.05, 0.1) is 17.0 Å². The molecule has 0 heterocycles. The van der Waals surface area contributed by atoms with Crippen LogP contribution in [-0.4, -0.2) is 49.5 Å². The highest BCUT2D eigenvalue weighted by molar-refractivity contribution is 7.92. The fourth-order valence-corrected chi connectivity index (χ4v) is 4.33. The van der Waals surface area contributed by atoms with Crippen molar-refractivity contribution >= 4 is 50.7 Å². The van der Waals surface area contributed by atoms with Gasteiger partial charge in [-0.15, -0.1) is 0 Å². The van der Waals surface area contributed by atoms with Crippen LogP contribution in [0.1, 0.15) is 33.3 Å². The van der Waals surface area contributed by atoms with Crippen LogP contribution in [0.25, 0.3) is 0 Å². The lowest BCUT2D eigenvalue weighted by molar-refractivity contribution is -0.140. The minimum atomic E-state index is -3.95. The van der Waals surface area contributed by atoms with E-state index < -0.39 is 45.8 Å². The van der Waals surface area contributed by atoms with Crippen molar-refractivity contribution in [1.29, 1.82) is 0 Å². The normalized spacial score (nSPS) is 12.7. The predicted molar refractivity (Wildman–Crippen MR) is 133 cm³/mol. The average molecular weight is 532 g/mol. The van der Waals surface area contributed by atoms with E-state index in [0.717, 1.165) is 22.7 Å². The van der Waals surface area contributed by atoms with E-state index in [-0.39, 0.29) is 17.3 Å². The lowest BCUT2D eigenvalue weighted by Gasteiger charge is -2.33. The number of benzene rings is 2. The molecule has 2 aromatic carbocycles. The summed E-state index contributed by atoms with van der Waals surface area (Å²) in [5, 5.41) is 2.94. The van der Waals surface area contributed by atoms with Crippen molar-refractivity contribution in [2.45, 2.75) is 45.8 Å². The van der Waals surface area contributed by atoms with Gasteiger partial charge in [0.15, 0.2) is 0 Å². The van der Waals surface area contributed by atoms with E-state index >= 15 is 0 Å². The number of hydrogen-bond acceptors (Lipinski definition) is 4. The van der Waals surface area contributed by atoms with E-state index in [2.05, 4.69) is 5.32 Å². The Labute approximate surface area is 209 Å². The number of carbonyl (C=O) groups excluding carboxylic acids is 2. The molecule has 0 fully saturated rings. The number of sulfonamides is 1. The zero-order valence-corrected chi connectivity index (χ0v) is 21.9. The van der Waals surface area contributed by atoms with Crippen molar-refractivity contribution < 1.29 is 22.4 Å². The Morgan fingerprint density at radius 1 is 1.09 bits per heavy atom. The summed E-state index contributed by atoms with van der Waals surface area (Å²) in [4.78, 5) is 27.6. The molecule has 0 aliphatic heterocycles. The van der Waals surface area contributed by atoms with Gasteiger partial charge in [0.1, 0.15) is 18.4 Å². The number of rotatable bonds is 8. The van der Waals surface area contributed by atoms with Gasteiger partial charge in [0.25, 0.3) is 0 Å². The first kappa shape index (κ1) is 27.9. The standard InChI is InChI=1S/C23H28Cl2FN3O4S/c1-15(22(31)27-23(2,3)4)28(13-16-8-6-7-9-18(16)24)21(30)14-29(34(5,32)33)17-10-11-20(26)19(25)12-17/h6-12,15H,13-14H2,1-5H3,(H,27,31). The highest BCUT2D eigenvalue weighted by Gasteiger charge is 2.31. The summed E-state index contributed by atoms with van der Waals surface area (Å²) in [6.45, 7) is 6.32. The van der Waals surface area contributed by atoms with Crippen molar-refractivity contribution in [3.05, 3.63) is 63.9 Å². The SMILES string of the molecule is CC(C(=O)NC(C)(C)C)N(Cc1ccccc1Cl)C(=O)CN(c1ccc(F)c(Cl)c1)S(C)(=O)=O. The third kappa shape index (κ3) is 7.58. The Hall–Kier alpha value is -2.36. The fourth-order valence-electron chi connectivity index (χ4n) is 3.12. The smallest absolute Gasteiger partial charge is 0.244 e. The highest BCUT2D eigenvalue weighted by atomic mass is 35.5. The largest absolute Gasteiger partial charge is 0.350 e. The van der Waals surface area contributed by atoms with Crippen LogP contribution >= 0.6 is 23.2 Å². The molecule has 1 N–H and O–H groups in total. The second kappa shape index (κ2) is 10.9. The Morgan fingerprint density at radius 3 is 2.24 bits per heavy atom. The quantitative estimate of drug-likeness (QED) is 0.552. The summed E-state index contributed by atoms with van der Waals surface area (Å²) in [6.07, 6.45) is 0.922. The third-order valence-corrected chi connectivity index (χ3v) is 6.63. The molecular weight excluding hydrogens is 504 g/mol. The fraction of sp³-hybridized carbons (Fsp3) is 0.391. The molecule has 34 heavy (non-hydrogen) atoms. The summed E-state index contributed by atoms with van der Waals surface area (Å²) in [5.41, 5.74) is 0.0593. The molecule has 7 nitrogen and oxygen atoms in total. The summed E-state index contributed by atoms with van der Waals surface area (Å²) >= 11 is 12.1. The van der Waals surface area contributed by atoms with E-state index in [1.165, 1.54) is 11.0 Å². The minimum Gasteiger partial charge on any atom is -0.350 e. The third-order valence-electron chi connectivity index (χ3n) is 4.83. The molecule has 0 spiro atoms. The average Bonchev–Trinajstić information content (AvgIpc) is 2.70. The summed E-state index contributed by atoms with van der Waals surface area (Å²) in [7, 11) is -3.95. The van der Waals surface area contributed by atoms with E-state index in [1.807, 2.05) is 20.8 Å². The first-order chi connectivity index (χ1) is 15.6. The van der Waals surface area contributed by atoms with Gasteiger partial charge in [0, 0.05) is 17.1 Å². The highest BCUT2D eigenvalue weighted by Crippen LogP contribution is 2.25. The summed E-state index contributed by atoms with van der Waals surface area (Å²) in [6, 6.07) is 9.25. The predicted octanol–water partition coefficient (Wildman–Crippen LogP) is 4.23. The van der Waals surface area contributed by atoms with Gasteiger partial charge in [-0.2, -0.15) is 0 Å². The maximum absolute atomic E-state index is 13.6. The molecule has 0 saturated carbocycles. The number of hydrogen-bond donors (Lipinski definition) is 1. The number of anilines is 1. The van der Waals surface area contributed by atoms with E-state index in [1.54, 1.807) is 31.2 Å². The molecule has 0 bridgehead atoms. The van der Waals surface area contributed by atoms with E-state index in [4.69, 9.17) is 23.2 Å². The van der Waals surface area contributed by atoms with Gasteiger partial charge in [-0.1, -0.05) is 41.4 Å². The van der Waals surface area contributed by atoms with Crippen molar-refractivity contribution in [3.8, 4) is 0 Å². The molecule has 0 aliphatic carbocycles. The van der Waals surface area contributed by atoms with Crippen LogP contribution in [0, 0.1) is 5.82 Å². The van der Waals surface area contributed by atoms with Crippen molar-refractivity contribution in [2.75, 3.05) is 17.1 Å². The molecule has 0 saturated heterocycles. The lowest BCUT2D eigenvalue weighted by atomic mass is 10.1. The summed E-state index contributed by atoms with van der Waals surface area (Å²) < 4.78 is 39.5. The molecule has 0 aliphatic rings. The number of amides is 2. The van der Waals surface area contributed by atoms with E-state index in [9.17, 15) is 22.4 Å². The minimum absolute atomic E-state index is 0.0201. The van der Waals surface area contributed by atoms with Crippen LogP contribution in [0.4, 0.5) is 10.1 Å². The van der Waals surface area contributed by atoms with Crippen LogP contribution < -0.4 is 9.62 Å². The molecule has 2 aromatic rings. The van der Waals surface area contributed by atoms with Crippen LogP contribution in [-0.2, 0) is 26.2 Å². The molecule has 0 aromatic heterocycles. The number of nitrogens with zero attached hydrogens (tertiary/aromatic N) is 2. The molecule has 1 unspecified atom stereocenters. The first-order valence-corrected chi connectivity index (χ1v) is 13.0. The van der Waals surface area contributed by atoms with Gasteiger partial charge in [-0.3, -0.25) is 13.9 Å². The van der Waals surface area contributed by atoms with Crippen LogP contribution in [0.3, 0.4) is 0 Å². The Balaban J connectivity index is 2.44. The van der Waals surface area contributed by atoms with Gasteiger partial charge in [-0.25, -0.2) is 12.8 Å². The van der Waals surface area contributed by atoms with Gasteiger partial charge < -0.3 is 10.2 Å². The molecular formula is C23H28Cl2FN3O4S. The maximum atomic E-state index is 13.6. The molecule has 2 amide bonds. The summed E-state index contributed by atoms with van der Waals surface area (Å²) in [5.74, 6) is -1.79. The zero-order chi connectivity index (χ0) is 25.8. The Morgan fingerprint density at radius 2 is 1.71 bits per heavy atom. The second-order valence-corrected chi connectivity index (χ2v) is 11.6. The first-order valence-electron chi connectivity index (χ1n) is 10.4. The zero-order valence-electron chi connectivity index (χ0n) is 19.6. The van der Waals surface area contributed by atoms with Gasteiger partial charge >= 0.3 is 0 Å². The molecule has 2 rings (SSSR count). The second-order valence-electron chi connectivity index (χ2n) is 8.90.